The second kappa shape index (κ2) is 79.0. The van der Waals surface area contributed by atoms with E-state index in [-0.39, 0.29) is 26.1 Å². The monoisotopic (exact) mass is 1260 g/mol. The van der Waals surface area contributed by atoms with E-state index < -0.39 is 11.9 Å². The Labute approximate surface area is 510 Å². The van der Waals surface area contributed by atoms with E-state index in [0.29, 0.717) is 330 Å². The molecule has 0 aromatic heterocycles. The van der Waals surface area contributed by atoms with Gasteiger partial charge in [-0.3, -0.25) is 9.59 Å². The van der Waals surface area contributed by atoms with Gasteiger partial charge in [0.1, 0.15) is 0 Å². The minimum atomic E-state index is -0.881. The topological polar surface area (TPSA) is 315 Å². The van der Waals surface area contributed by atoms with Crippen molar-refractivity contribution >= 4 is 11.9 Å². The van der Waals surface area contributed by atoms with Crippen molar-refractivity contribution in [1.82, 2.24) is 0 Å². The Kier molecular flexibility index (Phi) is 77.1. The summed E-state index contributed by atoms with van der Waals surface area (Å²) in [6, 6.07) is 0. The molecule has 0 amide bonds. The van der Waals surface area contributed by atoms with E-state index in [9.17, 15) is 9.59 Å². The fourth-order valence-electron chi connectivity index (χ4n) is 5.92. The number of rotatable bonds is 81. The standard InChI is InChI=1S/C56H110O30/c57-55(58)1-3-61-5-7-63-9-11-65-13-15-67-17-19-69-21-23-71-25-27-73-29-31-75-33-35-77-37-39-79-41-43-81-45-47-83-49-51-85-53-54-86-52-50-84-48-46-82-44-42-80-40-38-78-36-34-76-32-30-74-28-26-72-24-22-70-20-18-68-16-14-66-12-10-64-8-6-62-4-2-56(59)60/h1-54H2,(H,57,58)(H,59,60). The predicted molar refractivity (Wildman–Crippen MR) is 306 cm³/mol. The largest absolute Gasteiger partial charge is 0.481 e. The maximum absolute atomic E-state index is 10.4. The third kappa shape index (κ3) is 81.9. The maximum Gasteiger partial charge on any atom is 0.305 e. The maximum atomic E-state index is 10.4. The van der Waals surface area contributed by atoms with Crippen LogP contribution in [0.2, 0.25) is 0 Å². The van der Waals surface area contributed by atoms with Gasteiger partial charge in [0, 0.05) is 0 Å². The van der Waals surface area contributed by atoms with Crippen LogP contribution in [0.3, 0.4) is 0 Å². The Bertz CT molecular complexity index is 1180. The van der Waals surface area contributed by atoms with Gasteiger partial charge in [-0.05, 0) is 0 Å². The van der Waals surface area contributed by atoms with Crippen LogP contribution >= 0.6 is 0 Å². The molecule has 2 N–H and O–H groups in total. The van der Waals surface area contributed by atoms with Gasteiger partial charge in [0.25, 0.3) is 0 Å². The molecule has 0 rings (SSSR count). The van der Waals surface area contributed by atoms with Gasteiger partial charge in [0.2, 0.25) is 0 Å². The molecule has 0 radical (unpaired) electrons. The molecular formula is C56H110O30. The summed E-state index contributed by atoms with van der Waals surface area (Å²) in [5.41, 5.74) is 0. The third-order valence-corrected chi connectivity index (χ3v) is 10.2. The fraction of sp³-hybridized carbons (Fsp3) is 0.964. The summed E-state index contributed by atoms with van der Waals surface area (Å²) >= 11 is 0. The van der Waals surface area contributed by atoms with E-state index in [1.165, 1.54) is 0 Å². The molecule has 0 aliphatic rings. The first-order chi connectivity index (χ1) is 42.6. The Morgan fingerprint density at radius 3 is 0.244 bits per heavy atom. The van der Waals surface area contributed by atoms with E-state index in [4.69, 9.17) is 133 Å². The second-order valence-electron chi connectivity index (χ2n) is 17.2. The van der Waals surface area contributed by atoms with Gasteiger partial charge in [-0.15, -0.1) is 0 Å². The molecule has 0 unspecified atom stereocenters. The molecule has 514 valence electrons. The van der Waals surface area contributed by atoms with Gasteiger partial charge in [0.15, 0.2) is 0 Å². The summed E-state index contributed by atoms with van der Waals surface area (Å²) in [6.45, 7) is 23.5. The zero-order valence-electron chi connectivity index (χ0n) is 51.5. The molecule has 0 saturated heterocycles. The third-order valence-electron chi connectivity index (χ3n) is 10.2. The smallest absolute Gasteiger partial charge is 0.305 e. The van der Waals surface area contributed by atoms with Crippen LogP contribution in [0.15, 0.2) is 0 Å². The lowest BCUT2D eigenvalue weighted by atomic mass is 10.5. The highest BCUT2D eigenvalue weighted by Gasteiger charge is 2.02. The molecule has 0 aliphatic heterocycles. The summed E-state index contributed by atoms with van der Waals surface area (Å²) in [6.07, 6.45) is -0.0229. The minimum Gasteiger partial charge on any atom is -0.481 e. The summed E-state index contributed by atoms with van der Waals surface area (Å²) in [5.74, 6) is -1.76. The summed E-state index contributed by atoms with van der Waals surface area (Å²) in [5, 5.41) is 17.0. The number of carboxylic acids is 2. The number of aliphatic carboxylic acids is 2. The lowest BCUT2D eigenvalue weighted by Gasteiger charge is -2.09. The molecular weight excluding hydrogens is 1150 g/mol. The molecule has 0 fully saturated rings. The van der Waals surface area contributed by atoms with Gasteiger partial charge in [-0.1, -0.05) is 0 Å². The summed E-state index contributed by atoms with van der Waals surface area (Å²) < 4.78 is 142. The van der Waals surface area contributed by atoms with Crippen molar-refractivity contribution in [2.75, 3.05) is 344 Å². The first kappa shape index (κ1) is 83.9. The molecule has 0 aromatic rings. The zero-order valence-corrected chi connectivity index (χ0v) is 51.5. The quantitative estimate of drug-likeness (QED) is 0.0777. The first-order valence-electron chi connectivity index (χ1n) is 30.1. The molecule has 30 heteroatoms. The average molecular weight is 1260 g/mol. The highest BCUT2D eigenvalue weighted by atomic mass is 16.6. The van der Waals surface area contributed by atoms with E-state index in [1.807, 2.05) is 0 Å². The van der Waals surface area contributed by atoms with E-state index in [0.717, 1.165) is 0 Å². The SMILES string of the molecule is O=C(O)CCOCCOCCOCCOCCOCCOCCOCCOCCOCCOCCOCCOCCOCCOCCOCCOCCOCCOCCOCCOCCOCCOCCOCCOCCOCCOCCC(=O)O. The average Bonchev–Trinajstić information content (AvgIpc) is 3.50. The Hall–Kier alpha value is -2.10. The van der Waals surface area contributed by atoms with E-state index in [1.54, 1.807) is 0 Å². The van der Waals surface area contributed by atoms with Crippen LogP contribution in [0.4, 0.5) is 0 Å². The molecule has 0 spiro atoms. The lowest BCUT2D eigenvalue weighted by molar-refractivity contribution is -0.139. The van der Waals surface area contributed by atoms with Crippen molar-refractivity contribution in [2.45, 2.75) is 12.8 Å². The van der Waals surface area contributed by atoms with Crippen molar-refractivity contribution in [3.8, 4) is 0 Å². The predicted octanol–water partition coefficient (Wildman–Crippen LogP) is 0.367. The lowest BCUT2D eigenvalue weighted by Crippen LogP contribution is -2.16. The van der Waals surface area contributed by atoms with Crippen molar-refractivity contribution in [2.24, 2.45) is 0 Å². The molecule has 0 heterocycles. The number of carboxylic acid groups (broad SMARTS) is 2. The van der Waals surface area contributed by atoms with Crippen LogP contribution in [0.1, 0.15) is 12.8 Å². The van der Waals surface area contributed by atoms with Gasteiger partial charge in [-0.25, -0.2) is 0 Å². The molecule has 0 aliphatic carbocycles. The Morgan fingerprint density at radius 1 is 0.128 bits per heavy atom. The van der Waals surface area contributed by atoms with Crippen molar-refractivity contribution in [1.29, 1.82) is 0 Å². The van der Waals surface area contributed by atoms with Crippen molar-refractivity contribution in [3.63, 3.8) is 0 Å². The van der Waals surface area contributed by atoms with Gasteiger partial charge >= 0.3 is 11.9 Å². The van der Waals surface area contributed by atoms with Gasteiger partial charge < -0.3 is 133 Å². The van der Waals surface area contributed by atoms with Crippen LogP contribution in [0.5, 0.6) is 0 Å². The van der Waals surface area contributed by atoms with Crippen molar-refractivity contribution in [3.05, 3.63) is 0 Å². The normalized spacial score (nSPS) is 11.7. The molecule has 0 bridgehead atoms. The van der Waals surface area contributed by atoms with Crippen LogP contribution in [-0.4, -0.2) is 366 Å². The van der Waals surface area contributed by atoms with Gasteiger partial charge in [-0.2, -0.15) is 0 Å². The summed E-state index contributed by atoms with van der Waals surface area (Å²) in [7, 11) is 0. The first-order valence-corrected chi connectivity index (χ1v) is 30.1. The van der Waals surface area contributed by atoms with Crippen LogP contribution in [0, 0.1) is 0 Å². The molecule has 0 saturated carbocycles. The fourth-order valence-corrected chi connectivity index (χ4v) is 5.92. The van der Waals surface area contributed by atoms with Crippen LogP contribution in [-0.2, 0) is 133 Å². The van der Waals surface area contributed by atoms with Crippen LogP contribution in [0.25, 0.3) is 0 Å². The summed E-state index contributed by atoms with van der Waals surface area (Å²) in [4.78, 5) is 20.8. The van der Waals surface area contributed by atoms with Crippen LogP contribution < -0.4 is 0 Å². The Balaban J connectivity index is 3.09. The second-order valence-corrected chi connectivity index (χ2v) is 17.2. The highest BCUT2D eigenvalue weighted by molar-refractivity contribution is 5.67. The molecule has 86 heavy (non-hydrogen) atoms. The van der Waals surface area contributed by atoms with E-state index in [2.05, 4.69) is 0 Å². The number of hydrogen-bond donors (Lipinski definition) is 2. The van der Waals surface area contributed by atoms with Gasteiger partial charge in [0.05, 0.1) is 356 Å². The molecule has 0 atom stereocenters. The zero-order chi connectivity index (χ0) is 61.7. The Morgan fingerprint density at radius 2 is 0.186 bits per heavy atom. The minimum absolute atomic E-state index is 0.0114. The van der Waals surface area contributed by atoms with E-state index >= 15 is 0 Å². The molecule has 0 aromatic carbocycles. The number of hydrogen-bond acceptors (Lipinski definition) is 28. The number of ether oxygens (including phenoxy) is 26. The number of carbonyl (C=O) groups is 2. The molecule has 30 nitrogen and oxygen atoms in total. The highest BCUT2D eigenvalue weighted by Crippen LogP contribution is 1.92. The van der Waals surface area contributed by atoms with Crippen molar-refractivity contribution < 1.29 is 143 Å².